The summed E-state index contributed by atoms with van der Waals surface area (Å²) in [6, 6.07) is 11.4. The van der Waals surface area contributed by atoms with Crippen molar-refractivity contribution in [3.05, 3.63) is 59.2 Å². The minimum absolute atomic E-state index is 0.0686. The number of anilines is 1. The second-order valence-electron chi connectivity index (χ2n) is 7.77. The molecular formula is C22H29N3O4S. The Hall–Kier alpha value is -2.42. The molecule has 3 rings (SSSR count). The minimum Gasteiger partial charge on any atom is -0.394 e. The van der Waals surface area contributed by atoms with Crippen LogP contribution in [0.3, 0.4) is 0 Å². The quantitative estimate of drug-likeness (QED) is 0.725. The molecule has 0 saturated carbocycles. The number of rotatable bonds is 6. The van der Waals surface area contributed by atoms with E-state index in [-0.39, 0.29) is 4.90 Å². The number of carbonyl (C=O) groups is 1. The Balaban J connectivity index is 1.65. The highest BCUT2D eigenvalue weighted by atomic mass is 32.2. The maximum absolute atomic E-state index is 12.9. The molecular weight excluding hydrogens is 402 g/mol. The van der Waals surface area contributed by atoms with E-state index in [4.69, 9.17) is 0 Å². The van der Waals surface area contributed by atoms with Crippen LogP contribution in [0.1, 0.15) is 16.7 Å². The number of aryl methyl sites for hydroxylation is 3. The van der Waals surface area contributed by atoms with Crippen molar-refractivity contribution in [2.45, 2.75) is 31.7 Å². The largest absolute Gasteiger partial charge is 0.394 e. The van der Waals surface area contributed by atoms with E-state index in [1.165, 1.54) is 23.3 Å². The van der Waals surface area contributed by atoms with E-state index in [2.05, 4.69) is 41.7 Å². The second-order valence-corrected chi connectivity index (χ2v) is 9.49. The minimum atomic E-state index is -3.90. The van der Waals surface area contributed by atoms with E-state index in [0.29, 0.717) is 26.2 Å². The van der Waals surface area contributed by atoms with E-state index < -0.39 is 28.6 Å². The number of carbonyl (C=O) groups excluding carboxylic acids is 1. The number of amides is 1. The summed E-state index contributed by atoms with van der Waals surface area (Å²) in [6.45, 7) is 7.62. The maximum atomic E-state index is 12.9. The molecule has 1 aliphatic heterocycles. The van der Waals surface area contributed by atoms with Gasteiger partial charge in [-0.1, -0.05) is 29.8 Å². The fraction of sp³-hybridized carbons (Fsp3) is 0.409. The Bertz CT molecular complexity index is 998. The van der Waals surface area contributed by atoms with Crippen LogP contribution in [0.25, 0.3) is 0 Å². The molecule has 7 nitrogen and oxygen atoms in total. The Morgan fingerprint density at radius 3 is 2.20 bits per heavy atom. The molecule has 1 heterocycles. The molecule has 1 unspecified atom stereocenters. The first-order chi connectivity index (χ1) is 14.2. The zero-order chi connectivity index (χ0) is 21.9. The summed E-state index contributed by atoms with van der Waals surface area (Å²) in [5.74, 6) is -0.409. The third-order valence-electron chi connectivity index (χ3n) is 5.41. The highest BCUT2D eigenvalue weighted by Crippen LogP contribution is 2.23. The second kappa shape index (κ2) is 9.16. The smallest absolute Gasteiger partial charge is 0.243 e. The van der Waals surface area contributed by atoms with Crippen LogP contribution in [0.15, 0.2) is 47.4 Å². The van der Waals surface area contributed by atoms with Crippen LogP contribution in [-0.2, 0) is 14.8 Å². The van der Waals surface area contributed by atoms with Gasteiger partial charge >= 0.3 is 0 Å². The van der Waals surface area contributed by atoms with Crippen molar-refractivity contribution in [2.24, 2.45) is 0 Å². The fourth-order valence-electron chi connectivity index (χ4n) is 3.59. The Labute approximate surface area is 178 Å². The number of benzene rings is 2. The SMILES string of the molecule is Cc1ccc(S(=O)(=O)NC(CO)C(=O)N2CCN(c3cc(C)ccc3C)CC2)cc1. The highest BCUT2D eigenvalue weighted by Gasteiger charge is 2.31. The summed E-state index contributed by atoms with van der Waals surface area (Å²) in [6.07, 6.45) is 0. The standard InChI is InChI=1S/C22H29N3O4S/c1-16-5-8-19(9-6-16)30(28,29)23-20(15-26)22(27)25-12-10-24(11-13-25)21-14-17(2)4-7-18(21)3/h4-9,14,20,23,26H,10-13,15H2,1-3H3. The van der Waals surface area contributed by atoms with Gasteiger partial charge in [-0.3, -0.25) is 4.79 Å². The van der Waals surface area contributed by atoms with Crippen LogP contribution in [-0.4, -0.2) is 63.2 Å². The number of nitrogens with one attached hydrogen (secondary N) is 1. The van der Waals surface area contributed by atoms with Gasteiger partial charge in [-0.2, -0.15) is 4.72 Å². The van der Waals surface area contributed by atoms with E-state index >= 15 is 0 Å². The Morgan fingerprint density at radius 2 is 1.60 bits per heavy atom. The van der Waals surface area contributed by atoms with Crippen molar-refractivity contribution >= 4 is 21.6 Å². The van der Waals surface area contributed by atoms with Crippen molar-refractivity contribution in [1.29, 1.82) is 0 Å². The lowest BCUT2D eigenvalue weighted by Gasteiger charge is -2.38. The lowest BCUT2D eigenvalue weighted by molar-refractivity contribution is -0.134. The van der Waals surface area contributed by atoms with Crippen molar-refractivity contribution < 1.29 is 18.3 Å². The van der Waals surface area contributed by atoms with Crippen molar-refractivity contribution in [2.75, 3.05) is 37.7 Å². The highest BCUT2D eigenvalue weighted by molar-refractivity contribution is 7.89. The van der Waals surface area contributed by atoms with Gasteiger partial charge in [-0.15, -0.1) is 0 Å². The molecule has 2 aromatic carbocycles. The molecule has 1 amide bonds. The number of piperazine rings is 1. The summed E-state index contributed by atoms with van der Waals surface area (Å²) in [5, 5.41) is 9.69. The number of aliphatic hydroxyl groups is 1. The van der Waals surface area contributed by atoms with Gasteiger partial charge < -0.3 is 14.9 Å². The van der Waals surface area contributed by atoms with Gasteiger partial charge in [0.25, 0.3) is 0 Å². The van der Waals surface area contributed by atoms with Crippen LogP contribution in [0.4, 0.5) is 5.69 Å². The van der Waals surface area contributed by atoms with E-state index in [1.54, 1.807) is 17.0 Å². The first-order valence-corrected chi connectivity index (χ1v) is 11.5. The van der Waals surface area contributed by atoms with Gasteiger partial charge in [0.05, 0.1) is 11.5 Å². The van der Waals surface area contributed by atoms with Crippen LogP contribution < -0.4 is 9.62 Å². The molecule has 1 fully saturated rings. The average molecular weight is 432 g/mol. The number of nitrogens with zero attached hydrogens (tertiary/aromatic N) is 2. The molecule has 162 valence electrons. The molecule has 0 bridgehead atoms. The molecule has 0 spiro atoms. The molecule has 30 heavy (non-hydrogen) atoms. The van der Waals surface area contributed by atoms with Crippen molar-refractivity contribution in [3.63, 3.8) is 0 Å². The summed E-state index contributed by atoms with van der Waals surface area (Å²) in [4.78, 5) is 16.8. The van der Waals surface area contributed by atoms with Gasteiger partial charge in [0.2, 0.25) is 15.9 Å². The molecule has 2 aromatic rings. The van der Waals surface area contributed by atoms with Gasteiger partial charge in [-0.05, 0) is 50.1 Å². The topological polar surface area (TPSA) is 89.9 Å². The van der Waals surface area contributed by atoms with Crippen LogP contribution in [0.5, 0.6) is 0 Å². The normalized spacial score (nSPS) is 15.9. The van der Waals surface area contributed by atoms with E-state index in [0.717, 1.165) is 11.3 Å². The molecule has 0 radical (unpaired) electrons. The Kier molecular flexibility index (Phi) is 6.80. The zero-order valence-corrected chi connectivity index (χ0v) is 18.4. The van der Waals surface area contributed by atoms with E-state index in [9.17, 15) is 18.3 Å². The number of hydrogen-bond acceptors (Lipinski definition) is 5. The van der Waals surface area contributed by atoms with Crippen molar-refractivity contribution in [3.8, 4) is 0 Å². The summed E-state index contributed by atoms with van der Waals surface area (Å²) >= 11 is 0. The first-order valence-electron chi connectivity index (χ1n) is 10.0. The first kappa shape index (κ1) is 22.3. The maximum Gasteiger partial charge on any atom is 0.243 e. The van der Waals surface area contributed by atoms with Gasteiger partial charge in [-0.25, -0.2) is 8.42 Å². The molecule has 8 heteroatoms. The summed E-state index contributed by atoms with van der Waals surface area (Å²) in [7, 11) is -3.90. The van der Waals surface area contributed by atoms with Crippen LogP contribution in [0.2, 0.25) is 0 Å². The van der Waals surface area contributed by atoms with Gasteiger partial charge in [0.1, 0.15) is 6.04 Å². The van der Waals surface area contributed by atoms with Crippen LogP contribution >= 0.6 is 0 Å². The van der Waals surface area contributed by atoms with Gasteiger partial charge in [0, 0.05) is 31.9 Å². The monoisotopic (exact) mass is 431 g/mol. The van der Waals surface area contributed by atoms with E-state index in [1.807, 2.05) is 6.92 Å². The molecule has 0 aromatic heterocycles. The third kappa shape index (κ3) is 5.00. The summed E-state index contributed by atoms with van der Waals surface area (Å²) in [5.41, 5.74) is 4.45. The van der Waals surface area contributed by atoms with Crippen LogP contribution in [0, 0.1) is 20.8 Å². The number of hydrogen-bond donors (Lipinski definition) is 2. The van der Waals surface area contributed by atoms with Crippen molar-refractivity contribution in [1.82, 2.24) is 9.62 Å². The third-order valence-corrected chi connectivity index (χ3v) is 6.89. The predicted molar refractivity (Wildman–Crippen MR) is 117 cm³/mol. The summed E-state index contributed by atoms with van der Waals surface area (Å²) < 4.78 is 27.6. The lowest BCUT2D eigenvalue weighted by atomic mass is 10.1. The molecule has 0 aliphatic carbocycles. The average Bonchev–Trinajstić information content (AvgIpc) is 2.74. The predicted octanol–water partition coefficient (Wildman–Crippen LogP) is 1.60. The lowest BCUT2D eigenvalue weighted by Crippen LogP contribution is -2.56. The van der Waals surface area contributed by atoms with Gasteiger partial charge in [0.15, 0.2) is 0 Å². The molecule has 1 aliphatic rings. The molecule has 1 saturated heterocycles. The fourth-order valence-corrected chi connectivity index (χ4v) is 4.77. The zero-order valence-electron chi connectivity index (χ0n) is 17.6. The molecule has 2 N–H and O–H groups in total. The Morgan fingerprint density at radius 1 is 1.00 bits per heavy atom. The molecule has 1 atom stereocenters. The number of sulfonamides is 1. The number of aliphatic hydroxyl groups excluding tert-OH is 1.